The Bertz CT molecular complexity index is 303. The van der Waals surface area contributed by atoms with Crippen molar-refractivity contribution in [2.75, 3.05) is 0 Å². The fourth-order valence-corrected chi connectivity index (χ4v) is 1.68. The van der Waals surface area contributed by atoms with Crippen molar-refractivity contribution in [2.24, 2.45) is 5.11 Å². The Morgan fingerprint density at radius 2 is 2.33 bits per heavy atom. The Morgan fingerprint density at radius 1 is 1.67 bits per heavy atom. The zero-order chi connectivity index (χ0) is 11.5. The second-order valence-corrected chi connectivity index (χ2v) is 3.36. The number of nitrogens with zero attached hydrogens (tertiary/aromatic N) is 2. The highest BCUT2D eigenvalue weighted by molar-refractivity contribution is 5.65. The quantitative estimate of drug-likeness (QED) is 0.484. The van der Waals surface area contributed by atoms with Gasteiger partial charge in [-0.05, 0) is 12.8 Å². The zero-order valence-corrected chi connectivity index (χ0v) is 7.78. The summed E-state index contributed by atoms with van der Waals surface area (Å²) in [4.78, 5) is 13.0. The molecular weight excluding hydrogens is 210 g/mol. The molecule has 1 aliphatic rings. The van der Waals surface area contributed by atoms with Crippen LogP contribution in [0.4, 0.5) is 13.6 Å². The fraction of sp³-hybridized carbons (Fsp3) is 0.857. The number of carbonyl (C=O) groups is 1. The van der Waals surface area contributed by atoms with Gasteiger partial charge in [0.2, 0.25) is 4.91 Å². The Hall–Kier alpha value is -1.56. The first kappa shape index (κ1) is 11.5. The normalized spacial score (nSPS) is 28.9. The Labute approximate surface area is 83.9 Å². The third-order valence-corrected chi connectivity index (χ3v) is 2.33. The van der Waals surface area contributed by atoms with Gasteiger partial charge in [-0.1, -0.05) is 0 Å². The standard InChI is InChI=1S/C7H10F2N4O2/c8-7(9)3-1-2-4(12-13-10)5(7)11-6(14)15/h4-5,10-11H,1-3H2/p+1/t4-,5+/m0/s1. The van der Waals surface area contributed by atoms with Crippen LogP contribution in [0.2, 0.25) is 0 Å². The smallest absolute Gasteiger partial charge is 0.405 e. The third kappa shape index (κ3) is 2.69. The molecule has 1 rings (SSSR count). The minimum absolute atomic E-state index is 0.245. The summed E-state index contributed by atoms with van der Waals surface area (Å²) in [5.41, 5.74) is 6.48. The maximum absolute atomic E-state index is 13.3. The summed E-state index contributed by atoms with van der Waals surface area (Å²) >= 11 is 0. The highest BCUT2D eigenvalue weighted by atomic mass is 19.3. The molecule has 6 nitrogen and oxygen atoms in total. The van der Waals surface area contributed by atoms with Gasteiger partial charge in [-0.15, -0.1) is 0 Å². The first-order chi connectivity index (χ1) is 6.97. The molecule has 8 heteroatoms. The van der Waals surface area contributed by atoms with Crippen molar-refractivity contribution in [1.82, 2.24) is 10.2 Å². The lowest BCUT2D eigenvalue weighted by Gasteiger charge is -2.32. The maximum atomic E-state index is 13.3. The molecule has 0 aromatic heterocycles. The Balaban J connectivity index is 2.86. The molecule has 0 bridgehead atoms. The van der Waals surface area contributed by atoms with Crippen LogP contribution in [0, 0.1) is 5.53 Å². The van der Waals surface area contributed by atoms with E-state index in [1.54, 1.807) is 5.32 Å². The highest BCUT2D eigenvalue weighted by Gasteiger charge is 2.50. The molecule has 0 aliphatic heterocycles. The van der Waals surface area contributed by atoms with Crippen LogP contribution in [0.5, 0.6) is 0 Å². The van der Waals surface area contributed by atoms with Gasteiger partial charge in [0, 0.05) is 6.42 Å². The molecule has 84 valence electrons. The summed E-state index contributed by atoms with van der Waals surface area (Å²) in [6.45, 7) is 0. The number of rotatable bonds is 2. The van der Waals surface area contributed by atoms with Crippen molar-refractivity contribution >= 4 is 6.09 Å². The molecule has 3 N–H and O–H groups in total. The second-order valence-electron chi connectivity index (χ2n) is 3.36. The van der Waals surface area contributed by atoms with Crippen LogP contribution in [0.1, 0.15) is 19.3 Å². The topological polar surface area (TPSA) is 99.6 Å². The SMILES string of the molecule is N=[N+]=N[C@H]1CCCC(F)(F)[C@@H]1NC(=O)O. The molecular formula is C7H11F2N4O2+. The third-order valence-electron chi connectivity index (χ3n) is 2.33. The van der Waals surface area contributed by atoms with Crippen molar-refractivity contribution in [2.45, 2.75) is 37.3 Å². The van der Waals surface area contributed by atoms with Gasteiger partial charge < -0.3 is 10.4 Å². The molecule has 0 unspecified atom stereocenters. The number of nitrogens with one attached hydrogen (secondary N) is 2. The van der Waals surface area contributed by atoms with Crippen LogP contribution in [0.3, 0.4) is 0 Å². The minimum atomic E-state index is -3.13. The van der Waals surface area contributed by atoms with Gasteiger partial charge in [-0.3, -0.25) is 0 Å². The number of alkyl halides is 2. The van der Waals surface area contributed by atoms with Gasteiger partial charge in [0.1, 0.15) is 16.7 Å². The summed E-state index contributed by atoms with van der Waals surface area (Å²) in [7, 11) is 0. The van der Waals surface area contributed by atoms with E-state index in [0.29, 0.717) is 6.42 Å². The van der Waals surface area contributed by atoms with Crippen molar-refractivity contribution in [3.05, 3.63) is 0 Å². The van der Waals surface area contributed by atoms with Crippen LogP contribution in [0.25, 0.3) is 0 Å². The maximum Gasteiger partial charge on any atom is 0.405 e. The van der Waals surface area contributed by atoms with E-state index in [2.05, 4.69) is 10.0 Å². The number of hydrogen-bond donors (Lipinski definition) is 3. The van der Waals surface area contributed by atoms with Gasteiger partial charge in [-0.25, -0.2) is 13.6 Å². The second kappa shape index (κ2) is 4.31. The molecule has 0 saturated heterocycles. The van der Waals surface area contributed by atoms with E-state index >= 15 is 0 Å². The van der Waals surface area contributed by atoms with E-state index in [0.717, 1.165) is 0 Å². The first-order valence-electron chi connectivity index (χ1n) is 4.41. The van der Waals surface area contributed by atoms with E-state index in [9.17, 15) is 13.6 Å². The molecule has 0 aromatic rings. The highest BCUT2D eigenvalue weighted by Crippen LogP contribution is 2.34. The molecule has 0 radical (unpaired) electrons. The molecule has 0 heterocycles. The predicted octanol–water partition coefficient (Wildman–Crippen LogP) is 1.36. The zero-order valence-electron chi connectivity index (χ0n) is 7.78. The van der Waals surface area contributed by atoms with Crippen LogP contribution in [-0.4, -0.2) is 29.2 Å². The predicted molar refractivity (Wildman–Crippen MR) is 44.8 cm³/mol. The Kier molecular flexibility index (Phi) is 3.31. The van der Waals surface area contributed by atoms with E-state index in [1.165, 1.54) is 0 Å². The lowest BCUT2D eigenvalue weighted by molar-refractivity contribution is -0.0686. The van der Waals surface area contributed by atoms with Gasteiger partial charge in [0.05, 0.1) is 0 Å². The van der Waals surface area contributed by atoms with Crippen LogP contribution >= 0.6 is 0 Å². The van der Waals surface area contributed by atoms with Crippen LogP contribution < -0.4 is 10.2 Å². The van der Waals surface area contributed by atoms with Crippen molar-refractivity contribution in [1.29, 1.82) is 5.53 Å². The van der Waals surface area contributed by atoms with Crippen molar-refractivity contribution in [3.8, 4) is 0 Å². The van der Waals surface area contributed by atoms with E-state index in [1.807, 2.05) is 0 Å². The van der Waals surface area contributed by atoms with Crippen molar-refractivity contribution in [3.63, 3.8) is 0 Å². The summed E-state index contributed by atoms with van der Waals surface area (Å²) in [6, 6.07) is -2.54. The molecule has 1 fully saturated rings. The monoisotopic (exact) mass is 221 g/mol. The van der Waals surface area contributed by atoms with Gasteiger partial charge in [-0.2, -0.15) is 0 Å². The molecule has 1 amide bonds. The van der Waals surface area contributed by atoms with E-state index < -0.39 is 24.1 Å². The molecule has 15 heavy (non-hydrogen) atoms. The summed E-state index contributed by atoms with van der Waals surface area (Å²) < 4.78 is 26.6. The van der Waals surface area contributed by atoms with Crippen molar-refractivity contribution < 1.29 is 18.7 Å². The lowest BCUT2D eigenvalue weighted by Crippen LogP contribution is -2.55. The summed E-state index contributed by atoms with van der Waals surface area (Å²) in [5, 5.41) is 13.5. The molecule has 0 aromatic carbocycles. The Morgan fingerprint density at radius 3 is 2.87 bits per heavy atom. The molecule has 1 aliphatic carbocycles. The van der Waals surface area contributed by atoms with Gasteiger partial charge >= 0.3 is 6.09 Å². The summed E-state index contributed by atoms with van der Waals surface area (Å²) in [6.07, 6.45) is -1.34. The first-order valence-corrected chi connectivity index (χ1v) is 4.41. The van der Waals surface area contributed by atoms with Gasteiger partial charge in [0.25, 0.3) is 5.92 Å². The molecule has 2 atom stereocenters. The largest absolute Gasteiger partial charge is 0.465 e. The van der Waals surface area contributed by atoms with E-state index in [4.69, 9.17) is 10.6 Å². The summed E-state index contributed by atoms with van der Waals surface area (Å²) in [5.74, 6) is -3.13. The number of hydrogen-bond acceptors (Lipinski definition) is 3. The minimum Gasteiger partial charge on any atom is -0.465 e. The van der Waals surface area contributed by atoms with Crippen LogP contribution in [-0.2, 0) is 0 Å². The average Bonchev–Trinajstić information content (AvgIpc) is 2.10. The molecule has 0 spiro atoms. The average molecular weight is 221 g/mol. The van der Waals surface area contributed by atoms with E-state index in [-0.39, 0.29) is 12.8 Å². The van der Waals surface area contributed by atoms with Gasteiger partial charge in [0.15, 0.2) is 6.04 Å². The number of carboxylic acid groups (broad SMARTS) is 1. The van der Waals surface area contributed by atoms with Crippen LogP contribution in [0.15, 0.2) is 5.11 Å². The molecule has 1 saturated carbocycles. The lowest BCUT2D eigenvalue weighted by atomic mass is 9.87. The number of amides is 1. The fourth-order valence-electron chi connectivity index (χ4n) is 1.68. The number of halogens is 2.